The third-order valence-electron chi connectivity index (χ3n) is 4.63. The van der Waals surface area contributed by atoms with Crippen LogP contribution in [0.3, 0.4) is 0 Å². The van der Waals surface area contributed by atoms with Crippen molar-refractivity contribution in [1.29, 1.82) is 0 Å². The van der Waals surface area contributed by atoms with Crippen molar-refractivity contribution in [3.05, 3.63) is 24.3 Å². The van der Waals surface area contributed by atoms with Gasteiger partial charge in [-0.3, -0.25) is 5.32 Å². The van der Waals surface area contributed by atoms with E-state index in [1.54, 1.807) is 0 Å². The third kappa shape index (κ3) is 6.60. The van der Waals surface area contributed by atoms with Gasteiger partial charge in [-0.05, 0) is 50.6 Å². The lowest BCUT2D eigenvalue weighted by Gasteiger charge is -2.28. The summed E-state index contributed by atoms with van der Waals surface area (Å²) in [6.45, 7) is 7.52. The predicted molar refractivity (Wildman–Crippen MR) is 105 cm³/mol. The minimum atomic E-state index is -4.72. The summed E-state index contributed by atoms with van der Waals surface area (Å²) in [6.07, 6.45) is -2.89. The van der Waals surface area contributed by atoms with E-state index in [9.17, 15) is 13.2 Å². The van der Waals surface area contributed by atoms with Crippen molar-refractivity contribution in [1.82, 2.24) is 10.2 Å². The maximum absolute atomic E-state index is 12.3. The maximum Gasteiger partial charge on any atom is 0.573 e. The number of alkyl halides is 3. The summed E-state index contributed by atoms with van der Waals surface area (Å²) in [7, 11) is 0. The van der Waals surface area contributed by atoms with Crippen molar-refractivity contribution in [2.75, 3.05) is 38.2 Å². The van der Waals surface area contributed by atoms with Crippen LogP contribution in [0.5, 0.6) is 5.75 Å². The molecule has 0 unspecified atom stereocenters. The average Bonchev–Trinajstić information content (AvgIpc) is 3.42. The molecule has 0 amide bonds. The third-order valence-corrected chi connectivity index (χ3v) is 4.63. The average molecular weight is 413 g/mol. The topological polar surface area (TPSA) is 70.5 Å². The van der Waals surface area contributed by atoms with Gasteiger partial charge in [0.2, 0.25) is 5.96 Å². The molecule has 29 heavy (non-hydrogen) atoms. The number of anilines is 1. The zero-order valence-electron chi connectivity index (χ0n) is 16.6. The van der Waals surface area contributed by atoms with Crippen LogP contribution in [0.1, 0.15) is 26.7 Å². The molecule has 2 aliphatic rings. The van der Waals surface area contributed by atoms with Gasteiger partial charge in [-0.2, -0.15) is 0 Å². The van der Waals surface area contributed by atoms with Gasteiger partial charge in [0, 0.05) is 18.8 Å². The summed E-state index contributed by atoms with van der Waals surface area (Å²) in [5.41, 5.74) is 0.245. The van der Waals surface area contributed by atoms with Gasteiger partial charge in [-0.25, -0.2) is 9.98 Å². The monoisotopic (exact) mass is 413 g/mol. The van der Waals surface area contributed by atoms with E-state index in [2.05, 4.69) is 25.3 Å². The van der Waals surface area contributed by atoms with Gasteiger partial charge in [-0.1, -0.05) is 6.92 Å². The van der Waals surface area contributed by atoms with Gasteiger partial charge >= 0.3 is 6.36 Å². The van der Waals surface area contributed by atoms with Crippen molar-refractivity contribution in [3.8, 4) is 5.75 Å². The Balaban J connectivity index is 1.77. The van der Waals surface area contributed by atoms with Crippen LogP contribution in [0.2, 0.25) is 0 Å². The molecule has 0 radical (unpaired) electrons. The Morgan fingerprint density at radius 2 is 1.86 bits per heavy atom. The van der Waals surface area contributed by atoms with Gasteiger partial charge < -0.3 is 19.7 Å². The fraction of sp³-hybridized carbons (Fsp3) is 0.579. The van der Waals surface area contributed by atoms with Crippen molar-refractivity contribution >= 4 is 17.5 Å². The first kappa shape index (κ1) is 21.4. The summed E-state index contributed by atoms with van der Waals surface area (Å²) in [5.74, 6) is 0.946. The summed E-state index contributed by atoms with van der Waals surface area (Å²) in [6, 6.07) is 5.51. The summed E-state index contributed by atoms with van der Waals surface area (Å²) in [5, 5.41) is 6.48. The van der Waals surface area contributed by atoms with Crippen molar-refractivity contribution < 1.29 is 22.6 Å². The molecule has 1 aliphatic carbocycles. The van der Waals surface area contributed by atoms with Crippen LogP contribution in [-0.2, 0) is 4.74 Å². The zero-order chi connectivity index (χ0) is 20.9. The highest BCUT2D eigenvalue weighted by atomic mass is 19.4. The van der Waals surface area contributed by atoms with Gasteiger partial charge in [0.1, 0.15) is 17.2 Å². The number of morpholine rings is 1. The Kier molecular flexibility index (Phi) is 6.63. The number of hydrogen-bond donors (Lipinski definition) is 2. The number of ether oxygens (including phenoxy) is 2. The van der Waals surface area contributed by atoms with E-state index in [1.165, 1.54) is 24.3 Å². The van der Waals surface area contributed by atoms with Gasteiger partial charge in [0.05, 0.1) is 13.2 Å². The highest BCUT2D eigenvalue weighted by Gasteiger charge is 2.42. The smallest absolute Gasteiger partial charge is 0.406 e. The van der Waals surface area contributed by atoms with Gasteiger partial charge in [0.15, 0.2) is 0 Å². The second kappa shape index (κ2) is 9.00. The van der Waals surface area contributed by atoms with E-state index in [-0.39, 0.29) is 11.4 Å². The molecular formula is C19H26F3N5O2. The molecule has 0 aromatic heterocycles. The first-order chi connectivity index (χ1) is 13.8. The van der Waals surface area contributed by atoms with E-state index in [0.29, 0.717) is 24.9 Å². The Hall–Kier alpha value is -2.33. The molecule has 0 bridgehead atoms. The molecule has 1 aromatic carbocycles. The van der Waals surface area contributed by atoms with Gasteiger partial charge in [-0.15, -0.1) is 13.2 Å². The van der Waals surface area contributed by atoms with Crippen LogP contribution in [0.4, 0.5) is 18.9 Å². The minimum Gasteiger partial charge on any atom is -0.406 e. The number of amidine groups is 1. The van der Waals surface area contributed by atoms with E-state index in [1.807, 2.05) is 13.8 Å². The predicted octanol–water partition coefficient (Wildman–Crippen LogP) is 3.20. The molecule has 1 aliphatic heterocycles. The lowest BCUT2D eigenvalue weighted by atomic mass is 10.3. The molecule has 0 spiro atoms. The molecule has 1 saturated heterocycles. The Bertz CT molecular complexity index is 739. The largest absolute Gasteiger partial charge is 0.573 e. The highest BCUT2D eigenvalue weighted by Crippen LogP contribution is 2.37. The van der Waals surface area contributed by atoms with Crippen molar-refractivity contribution in [2.45, 2.75) is 38.7 Å². The van der Waals surface area contributed by atoms with E-state index in [4.69, 9.17) is 9.73 Å². The van der Waals surface area contributed by atoms with Crippen LogP contribution in [-0.4, -0.2) is 61.6 Å². The van der Waals surface area contributed by atoms with Gasteiger partial charge in [0.25, 0.3) is 0 Å². The Morgan fingerprint density at radius 3 is 2.41 bits per heavy atom. The zero-order valence-corrected chi connectivity index (χ0v) is 16.6. The summed E-state index contributed by atoms with van der Waals surface area (Å²) < 4.78 is 46.3. The number of guanidine groups is 1. The second-order valence-electron chi connectivity index (χ2n) is 6.95. The molecule has 10 heteroatoms. The molecule has 3 rings (SSSR count). The fourth-order valence-corrected chi connectivity index (χ4v) is 3.04. The van der Waals surface area contributed by atoms with Crippen molar-refractivity contribution in [3.63, 3.8) is 0 Å². The Morgan fingerprint density at radius 1 is 1.21 bits per heavy atom. The number of nitrogens with one attached hydrogen (secondary N) is 2. The van der Waals surface area contributed by atoms with Crippen LogP contribution in [0.25, 0.3) is 0 Å². The van der Waals surface area contributed by atoms with Crippen molar-refractivity contribution in [2.24, 2.45) is 9.98 Å². The van der Waals surface area contributed by atoms with Crippen LogP contribution in [0.15, 0.2) is 34.3 Å². The normalized spacial score (nSPS) is 19.8. The molecule has 2 N–H and O–H groups in total. The number of benzene rings is 1. The summed E-state index contributed by atoms with van der Waals surface area (Å²) in [4.78, 5) is 11.5. The summed E-state index contributed by atoms with van der Waals surface area (Å²) >= 11 is 0. The molecule has 2 fully saturated rings. The fourth-order valence-electron chi connectivity index (χ4n) is 3.04. The van der Waals surface area contributed by atoms with E-state index in [0.717, 1.165) is 38.3 Å². The molecule has 160 valence electrons. The number of hydrogen-bond acceptors (Lipinski definition) is 4. The lowest BCUT2D eigenvalue weighted by Crippen LogP contribution is -2.40. The number of nitrogens with zero attached hydrogens (tertiary/aromatic N) is 3. The standard InChI is InChI=1S/C19H26F3N5O2/c1-3-23-18(8-9-18)26-17(24-14(2)27-10-12-28-13-11-27)25-15-4-6-16(7-5-15)29-19(20,21)22/h4-7,23H,3,8-13H2,1-2H3,(H,25,26)/b24-14+. The van der Waals surface area contributed by atoms with E-state index < -0.39 is 6.36 Å². The molecule has 1 saturated carbocycles. The lowest BCUT2D eigenvalue weighted by molar-refractivity contribution is -0.274. The first-order valence-corrected chi connectivity index (χ1v) is 9.64. The molecule has 7 nitrogen and oxygen atoms in total. The van der Waals surface area contributed by atoms with Crippen LogP contribution >= 0.6 is 0 Å². The quantitative estimate of drug-likeness (QED) is 0.573. The molecule has 1 aromatic rings. The molecule has 0 atom stereocenters. The van der Waals surface area contributed by atoms with E-state index >= 15 is 0 Å². The number of rotatable bonds is 5. The SMILES string of the molecule is CCNC1(/N=C(\N=C(/C)N2CCOCC2)Nc2ccc(OC(F)(F)F)cc2)CC1. The number of halogens is 3. The highest BCUT2D eigenvalue weighted by molar-refractivity contribution is 6.02. The molecule has 1 heterocycles. The molecular weight excluding hydrogens is 387 g/mol. The second-order valence-corrected chi connectivity index (χ2v) is 6.95. The number of aliphatic imine (C=N–C) groups is 2. The Labute approximate surface area is 168 Å². The minimum absolute atomic E-state index is 0.277. The maximum atomic E-state index is 12.3. The van der Waals surface area contributed by atoms with Crippen LogP contribution in [0, 0.1) is 0 Å². The first-order valence-electron chi connectivity index (χ1n) is 9.64. The van der Waals surface area contributed by atoms with Crippen LogP contribution < -0.4 is 15.4 Å².